The summed E-state index contributed by atoms with van der Waals surface area (Å²) in [6.07, 6.45) is 5.25. The molecule has 0 fully saturated rings. The molecule has 1 aromatic carbocycles. The van der Waals surface area contributed by atoms with Crippen molar-refractivity contribution in [1.82, 2.24) is 4.98 Å². The summed E-state index contributed by atoms with van der Waals surface area (Å²) in [4.78, 5) is 27.8. The summed E-state index contributed by atoms with van der Waals surface area (Å²) in [5.74, 6) is 0.0107. The van der Waals surface area contributed by atoms with E-state index in [1.165, 1.54) is 19.4 Å². The van der Waals surface area contributed by atoms with Gasteiger partial charge in [-0.1, -0.05) is 36.5 Å². The van der Waals surface area contributed by atoms with Gasteiger partial charge in [0.15, 0.2) is 5.13 Å². The third-order valence-corrected chi connectivity index (χ3v) is 4.45. The molecule has 2 aromatic heterocycles. The van der Waals surface area contributed by atoms with Crippen LogP contribution >= 0.6 is 11.3 Å². The molecule has 0 saturated carbocycles. The van der Waals surface area contributed by atoms with Gasteiger partial charge >= 0.3 is 5.97 Å². The van der Waals surface area contributed by atoms with Crippen molar-refractivity contribution in [2.45, 2.75) is 13.3 Å². The van der Waals surface area contributed by atoms with Crippen LogP contribution in [0.2, 0.25) is 0 Å². The number of aryl methyl sites for hydroxylation is 1. The number of furan rings is 1. The van der Waals surface area contributed by atoms with Crippen LogP contribution in [0.1, 0.15) is 27.9 Å². The third kappa shape index (κ3) is 3.61. The molecule has 0 saturated heterocycles. The zero-order valence-electron chi connectivity index (χ0n) is 13.7. The Hall–Kier alpha value is -2.93. The zero-order valence-corrected chi connectivity index (χ0v) is 14.6. The topological polar surface area (TPSA) is 81.4 Å². The number of aromatic nitrogens is 1. The van der Waals surface area contributed by atoms with Gasteiger partial charge in [0.1, 0.15) is 16.2 Å². The van der Waals surface area contributed by atoms with Crippen molar-refractivity contribution in [2.75, 3.05) is 12.4 Å². The second-order valence-electron chi connectivity index (χ2n) is 5.13. The van der Waals surface area contributed by atoms with E-state index in [4.69, 9.17) is 4.42 Å². The number of para-hydroxylation sites is 1. The molecule has 25 heavy (non-hydrogen) atoms. The Balaban J connectivity index is 1.77. The highest BCUT2D eigenvalue weighted by Crippen LogP contribution is 2.27. The molecule has 0 aliphatic carbocycles. The van der Waals surface area contributed by atoms with Gasteiger partial charge in [-0.2, -0.15) is 0 Å². The number of ether oxygens (including phenoxy) is 1. The summed E-state index contributed by atoms with van der Waals surface area (Å²) < 4.78 is 10.4. The number of esters is 1. The summed E-state index contributed by atoms with van der Waals surface area (Å²) in [6.45, 7) is 2.00. The predicted molar refractivity (Wildman–Crippen MR) is 96.7 cm³/mol. The highest BCUT2D eigenvalue weighted by Gasteiger charge is 2.12. The first-order valence-electron chi connectivity index (χ1n) is 7.66. The minimum Gasteiger partial charge on any atom is -0.465 e. The van der Waals surface area contributed by atoms with E-state index in [1.807, 2.05) is 31.2 Å². The van der Waals surface area contributed by atoms with Gasteiger partial charge in [-0.3, -0.25) is 10.1 Å². The number of thiazole rings is 1. The predicted octanol–water partition coefficient (Wildman–Crippen LogP) is 3.89. The Bertz CT molecular complexity index is 955. The number of methoxy groups -OCH3 is 1. The summed E-state index contributed by atoms with van der Waals surface area (Å²) in [6, 6.07) is 7.69. The molecule has 1 N–H and O–H groups in total. The SMILES string of the molecule is CCc1oc2ccccc2c1/C=C/C(=O)Nc1ncc(C(=O)OC)s1. The molecule has 0 bridgehead atoms. The standard InChI is InChI=1S/C18H16N2O4S/c1-3-13-12(11-6-4-5-7-14(11)24-13)8-9-16(21)20-18-19-10-15(25-18)17(22)23-2/h4-10H,3H2,1-2H3,(H,19,20,21)/b9-8+. The number of hydrogen-bond donors (Lipinski definition) is 1. The van der Waals surface area contributed by atoms with Crippen LogP contribution in [0, 0.1) is 0 Å². The van der Waals surface area contributed by atoms with Gasteiger partial charge in [0.05, 0.1) is 13.3 Å². The monoisotopic (exact) mass is 356 g/mol. The molecule has 7 heteroatoms. The molecule has 0 spiro atoms. The quantitative estimate of drug-likeness (QED) is 0.554. The largest absolute Gasteiger partial charge is 0.465 e. The van der Waals surface area contributed by atoms with E-state index in [0.717, 1.165) is 40.1 Å². The van der Waals surface area contributed by atoms with Crippen molar-refractivity contribution in [1.29, 1.82) is 0 Å². The first-order valence-corrected chi connectivity index (χ1v) is 8.47. The minimum absolute atomic E-state index is 0.330. The van der Waals surface area contributed by atoms with E-state index in [-0.39, 0.29) is 5.91 Å². The van der Waals surface area contributed by atoms with Gasteiger partial charge in [-0.05, 0) is 12.1 Å². The normalized spacial score (nSPS) is 11.1. The number of carbonyl (C=O) groups is 2. The maximum Gasteiger partial charge on any atom is 0.349 e. The fourth-order valence-corrected chi connectivity index (χ4v) is 3.13. The van der Waals surface area contributed by atoms with Crippen LogP contribution in [0.4, 0.5) is 5.13 Å². The van der Waals surface area contributed by atoms with Crippen LogP contribution in [0.25, 0.3) is 17.0 Å². The lowest BCUT2D eigenvalue weighted by molar-refractivity contribution is -0.111. The van der Waals surface area contributed by atoms with Gasteiger partial charge in [0.25, 0.3) is 0 Å². The summed E-state index contributed by atoms with van der Waals surface area (Å²) in [5, 5.41) is 3.93. The Kier molecular flexibility index (Phi) is 4.95. The molecular formula is C18H16N2O4S. The number of anilines is 1. The molecule has 0 atom stereocenters. The Morgan fingerprint density at radius 3 is 2.92 bits per heavy atom. The highest BCUT2D eigenvalue weighted by molar-refractivity contribution is 7.17. The van der Waals surface area contributed by atoms with Crippen molar-refractivity contribution in [3.05, 3.63) is 52.7 Å². The number of fused-ring (bicyclic) bond motifs is 1. The van der Waals surface area contributed by atoms with Gasteiger partial charge in [-0.25, -0.2) is 9.78 Å². The van der Waals surface area contributed by atoms with Crippen LogP contribution in [0.15, 0.2) is 41.0 Å². The summed E-state index contributed by atoms with van der Waals surface area (Å²) in [7, 11) is 1.30. The van der Waals surface area contributed by atoms with Gasteiger partial charge < -0.3 is 9.15 Å². The van der Waals surface area contributed by atoms with Crippen LogP contribution in [0.5, 0.6) is 0 Å². The second kappa shape index (κ2) is 7.31. The smallest absolute Gasteiger partial charge is 0.349 e. The van der Waals surface area contributed by atoms with E-state index >= 15 is 0 Å². The van der Waals surface area contributed by atoms with Gasteiger partial charge in [0, 0.05) is 23.4 Å². The molecule has 3 aromatic rings. The number of nitrogens with zero attached hydrogens (tertiary/aromatic N) is 1. The molecule has 0 aliphatic heterocycles. The number of rotatable bonds is 5. The summed E-state index contributed by atoms with van der Waals surface area (Å²) in [5.41, 5.74) is 1.68. The Morgan fingerprint density at radius 2 is 2.16 bits per heavy atom. The van der Waals surface area contributed by atoms with Crippen molar-refractivity contribution in [3.63, 3.8) is 0 Å². The third-order valence-electron chi connectivity index (χ3n) is 3.56. The molecule has 0 aliphatic rings. The lowest BCUT2D eigenvalue weighted by Crippen LogP contribution is -2.07. The van der Waals surface area contributed by atoms with Crippen molar-refractivity contribution < 1.29 is 18.7 Å². The molecular weight excluding hydrogens is 340 g/mol. The average Bonchev–Trinajstić information content (AvgIpc) is 3.23. The number of amides is 1. The molecule has 1 amide bonds. The zero-order chi connectivity index (χ0) is 17.8. The fourth-order valence-electron chi connectivity index (χ4n) is 2.39. The minimum atomic E-state index is -0.481. The molecule has 6 nitrogen and oxygen atoms in total. The lowest BCUT2D eigenvalue weighted by Gasteiger charge is -1.97. The first kappa shape index (κ1) is 16.9. The number of hydrogen-bond acceptors (Lipinski definition) is 6. The number of nitrogens with one attached hydrogen (secondary N) is 1. The fraction of sp³-hybridized carbons (Fsp3) is 0.167. The first-order chi connectivity index (χ1) is 12.1. The maximum absolute atomic E-state index is 12.1. The van der Waals surface area contributed by atoms with E-state index in [2.05, 4.69) is 15.0 Å². The second-order valence-corrected chi connectivity index (χ2v) is 6.16. The summed E-state index contributed by atoms with van der Waals surface area (Å²) >= 11 is 1.06. The van der Waals surface area contributed by atoms with Gasteiger partial charge in [-0.15, -0.1) is 0 Å². The number of benzene rings is 1. The lowest BCUT2D eigenvalue weighted by atomic mass is 10.1. The highest BCUT2D eigenvalue weighted by atomic mass is 32.1. The molecule has 2 heterocycles. The van der Waals surface area contributed by atoms with Crippen molar-refractivity contribution in [3.8, 4) is 0 Å². The van der Waals surface area contributed by atoms with Crippen LogP contribution < -0.4 is 5.32 Å². The van der Waals surface area contributed by atoms with Crippen LogP contribution in [0.3, 0.4) is 0 Å². The van der Waals surface area contributed by atoms with Crippen LogP contribution in [-0.2, 0) is 16.0 Å². The average molecular weight is 356 g/mol. The van der Waals surface area contributed by atoms with Gasteiger partial charge in [0.2, 0.25) is 5.91 Å². The molecule has 0 radical (unpaired) electrons. The van der Waals surface area contributed by atoms with E-state index in [9.17, 15) is 9.59 Å². The Labute approximate surface area is 148 Å². The molecule has 0 unspecified atom stereocenters. The Morgan fingerprint density at radius 1 is 1.36 bits per heavy atom. The molecule has 3 rings (SSSR count). The maximum atomic E-state index is 12.1. The van der Waals surface area contributed by atoms with E-state index in [0.29, 0.717) is 10.0 Å². The number of carbonyl (C=O) groups excluding carboxylic acids is 2. The van der Waals surface area contributed by atoms with Crippen molar-refractivity contribution in [2.24, 2.45) is 0 Å². The molecule has 128 valence electrons. The van der Waals surface area contributed by atoms with Crippen LogP contribution in [-0.4, -0.2) is 24.0 Å². The van der Waals surface area contributed by atoms with Crippen molar-refractivity contribution >= 4 is 45.4 Å². The van der Waals surface area contributed by atoms with E-state index < -0.39 is 5.97 Å². The van der Waals surface area contributed by atoms with E-state index in [1.54, 1.807) is 6.08 Å².